The molecule has 0 bridgehead atoms. The average molecular weight is 437 g/mol. The smallest absolute Gasteiger partial charge is 0.407 e. The van der Waals surface area contributed by atoms with Gasteiger partial charge in [0.2, 0.25) is 0 Å². The summed E-state index contributed by atoms with van der Waals surface area (Å²) in [4.78, 5) is 30.9. The van der Waals surface area contributed by atoms with Crippen LogP contribution in [0.25, 0.3) is 28.1 Å². The number of carbonyl (C=O) groups is 1. The van der Waals surface area contributed by atoms with Crippen molar-refractivity contribution in [3.63, 3.8) is 0 Å². The number of hydrogen-bond donors (Lipinski definition) is 2. The second-order valence-electron chi connectivity index (χ2n) is 7.95. The van der Waals surface area contributed by atoms with Crippen LogP contribution in [0, 0.1) is 0 Å². The zero-order valence-corrected chi connectivity index (χ0v) is 18.0. The number of ether oxygens (including phenoxy) is 1. The van der Waals surface area contributed by atoms with Crippen LogP contribution in [0.3, 0.4) is 0 Å². The predicted octanol–water partition coefficient (Wildman–Crippen LogP) is 4.87. The first-order valence-electron chi connectivity index (χ1n) is 10.9. The van der Waals surface area contributed by atoms with Crippen LogP contribution in [0.4, 0.5) is 4.79 Å². The predicted molar refractivity (Wildman–Crippen MR) is 129 cm³/mol. The quantitative estimate of drug-likeness (QED) is 0.422. The first kappa shape index (κ1) is 20.7. The maximum absolute atomic E-state index is 12.2. The summed E-state index contributed by atoms with van der Waals surface area (Å²) in [5.41, 5.74) is 6.21. The molecule has 0 saturated carbocycles. The SMILES string of the molecule is O=C(NCCC=Cc1ccc2nc[nH]c(=O)c2c1)OCC1c2ccccc2-c2ccccc21. The van der Waals surface area contributed by atoms with Crippen LogP contribution < -0.4 is 10.9 Å². The number of H-pyrrole nitrogens is 1. The highest BCUT2D eigenvalue weighted by Crippen LogP contribution is 2.44. The molecule has 1 aliphatic carbocycles. The van der Waals surface area contributed by atoms with Crippen molar-refractivity contribution >= 4 is 23.1 Å². The first-order valence-corrected chi connectivity index (χ1v) is 10.9. The molecule has 6 heteroatoms. The molecule has 2 N–H and O–H groups in total. The number of nitrogens with one attached hydrogen (secondary N) is 2. The van der Waals surface area contributed by atoms with Crippen molar-refractivity contribution in [2.45, 2.75) is 12.3 Å². The fourth-order valence-corrected chi connectivity index (χ4v) is 4.32. The van der Waals surface area contributed by atoms with Crippen molar-refractivity contribution in [2.75, 3.05) is 13.2 Å². The van der Waals surface area contributed by atoms with Gasteiger partial charge < -0.3 is 15.0 Å². The monoisotopic (exact) mass is 437 g/mol. The van der Waals surface area contributed by atoms with Crippen LogP contribution in [0.1, 0.15) is 29.0 Å². The second-order valence-corrected chi connectivity index (χ2v) is 7.95. The van der Waals surface area contributed by atoms with Gasteiger partial charge in [0, 0.05) is 12.5 Å². The number of aromatic nitrogens is 2. The number of alkyl carbamates (subject to hydrolysis) is 1. The van der Waals surface area contributed by atoms with Crippen molar-refractivity contribution < 1.29 is 9.53 Å². The molecule has 0 spiro atoms. The number of amides is 1. The topological polar surface area (TPSA) is 84.1 Å². The maximum atomic E-state index is 12.2. The minimum Gasteiger partial charge on any atom is -0.449 e. The Labute approximate surface area is 191 Å². The highest BCUT2D eigenvalue weighted by molar-refractivity contribution is 5.80. The molecule has 164 valence electrons. The number of fused-ring (bicyclic) bond motifs is 4. The van der Waals surface area contributed by atoms with Gasteiger partial charge in [-0.1, -0.05) is 66.7 Å². The fourth-order valence-electron chi connectivity index (χ4n) is 4.32. The first-order chi connectivity index (χ1) is 16.2. The normalized spacial score (nSPS) is 12.6. The fraction of sp³-hybridized carbons (Fsp3) is 0.148. The van der Waals surface area contributed by atoms with Crippen molar-refractivity contribution in [1.29, 1.82) is 0 Å². The van der Waals surface area contributed by atoms with Gasteiger partial charge >= 0.3 is 6.09 Å². The Morgan fingerprint density at radius 3 is 2.52 bits per heavy atom. The van der Waals surface area contributed by atoms with E-state index in [-0.39, 0.29) is 11.5 Å². The van der Waals surface area contributed by atoms with Gasteiger partial charge in [0.1, 0.15) is 6.61 Å². The zero-order valence-electron chi connectivity index (χ0n) is 18.0. The van der Waals surface area contributed by atoms with Gasteiger partial charge in [-0.2, -0.15) is 0 Å². The molecule has 1 aromatic heterocycles. The second kappa shape index (κ2) is 9.12. The highest BCUT2D eigenvalue weighted by atomic mass is 16.5. The van der Waals surface area contributed by atoms with E-state index in [0.29, 0.717) is 30.5 Å². The Balaban J connectivity index is 1.13. The summed E-state index contributed by atoms with van der Waals surface area (Å²) >= 11 is 0. The lowest BCUT2D eigenvalue weighted by atomic mass is 9.98. The molecule has 1 heterocycles. The molecule has 0 unspecified atom stereocenters. The summed E-state index contributed by atoms with van der Waals surface area (Å²) in [6, 6.07) is 22.1. The molecule has 0 aliphatic heterocycles. The Morgan fingerprint density at radius 1 is 1.03 bits per heavy atom. The van der Waals surface area contributed by atoms with Crippen LogP contribution in [-0.4, -0.2) is 29.2 Å². The zero-order chi connectivity index (χ0) is 22.6. The lowest BCUT2D eigenvalue weighted by Crippen LogP contribution is -2.26. The molecule has 0 saturated heterocycles. The lowest BCUT2D eigenvalue weighted by molar-refractivity contribution is 0.143. The van der Waals surface area contributed by atoms with Gasteiger partial charge in [-0.05, 0) is 46.4 Å². The Kier molecular flexibility index (Phi) is 5.72. The summed E-state index contributed by atoms with van der Waals surface area (Å²) in [5.74, 6) is 0.0496. The van der Waals surface area contributed by atoms with Crippen LogP contribution in [-0.2, 0) is 4.74 Å². The van der Waals surface area contributed by atoms with Gasteiger partial charge in [0.15, 0.2) is 0 Å². The molecule has 33 heavy (non-hydrogen) atoms. The number of rotatable bonds is 6. The van der Waals surface area contributed by atoms with E-state index in [9.17, 15) is 9.59 Å². The van der Waals surface area contributed by atoms with Crippen LogP contribution >= 0.6 is 0 Å². The molecule has 6 nitrogen and oxygen atoms in total. The Hall–Kier alpha value is -4.19. The van der Waals surface area contributed by atoms with Gasteiger partial charge in [0.05, 0.1) is 17.2 Å². The van der Waals surface area contributed by atoms with E-state index in [2.05, 4.69) is 39.6 Å². The van der Waals surface area contributed by atoms with E-state index in [1.54, 1.807) is 6.07 Å². The van der Waals surface area contributed by atoms with Crippen molar-refractivity contribution in [1.82, 2.24) is 15.3 Å². The molecule has 5 rings (SSSR count). The third-order valence-corrected chi connectivity index (χ3v) is 5.90. The van der Waals surface area contributed by atoms with E-state index < -0.39 is 6.09 Å². The van der Waals surface area contributed by atoms with Crippen molar-refractivity contribution in [3.8, 4) is 11.1 Å². The van der Waals surface area contributed by atoms with Crippen LogP contribution in [0.2, 0.25) is 0 Å². The van der Waals surface area contributed by atoms with Crippen LogP contribution in [0.5, 0.6) is 0 Å². The van der Waals surface area contributed by atoms with Gasteiger partial charge in [-0.25, -0.2) is 9.78 Å². The third-order valence-electron chi connectivity index (χ3n) is 5.90. The summed E-state index contributed by atoms with van der Waals surface area (Å²) in [6.07, 6.45) is 5.50. The molecule has 4 aromatic rings. The molecule has 3 aromatic carbocycles. The number of carbonyl (C=O) groups excluding carboxylic acids is 1. The summed E-state index contributed by atoms with van der Waals surface area (Å²) in [5, 5.41) is 3.35. The largest absolute Gasteiger partial charge is 0.449 e. The molecular weight excluding hydrogens is 414 g/mol. The Bertz CT molecular complexity index is 1360. The van der Waals surface area contributed by atoms with E-state index in [4.69, 9.17) is 4.74 Å². The van der Waals surface area contributed by atoms with E-state index in [1.807, 2.05) is 48.6 Å². The Morgan fingerprint density at radius 2 is 1.76 bits per heavy atom. The van der Waals surface area contributed by atoms with Gasteiger partial charge in [-0.15, -0.1) is 0 Å². The van der Waals surface area contributed by atoms with Gasteiger partial charge in [-0.3, -0.25) is 4.79 Å². The summed E-state index contributed by atoms with van der Waals surface area (Å²) in [7, 11) is 0. The molecule has 0 radical (unpaired) electrons. The molecule has 1 aliphatic rings. The third kappa shape index (κ3) is 4.28. The highest BCUT2D eigenvalue weighted by Gasteiger charge is 2.28. The summed E-state index contributed by atoms with van der Waals surface area (Å²) in [6.45, 7) is 0.762. The molecular formula is C27H23N3O3. The van der Waals surface area contributed by atoms with E-state index in [0.717, 1.165) is 5.56 Å². The number of nitrogens with zero attached hydrogens (tertiary/aromatic N) is 1. The minimum absolute atomic E-state index is 0.0496. The summed E-state index contributed by atoms with van der Waals surface area (Å²) < 4.78 is 5.55. The minimum atomic E-state index is -0.423. The maximum Gasteiger partial charge on any atom is 0.407 e. The molecule has 1 amide bonds. The number of aromatic amines is 1. The average Bonchev–Trinajstić information content (AvgIpc) is 3.17. The lowest BCUT2D eigenvalue weighted by Gasteiger charge is -2.14. The molecule has 0 fully saturated rings. The van der Waals surface area contributed by atoms with Crippen molar-refractivity contribution in [2.24, 2.45) is 0 Å². The number of hydrogen-bond acceptors (Lipinski definition) is 4. The van der Waals surface area contributed by atoms with E-state index in [1.165, 1.54) is 28.6 Å². The number of benzene rings is 3. The molecule has 0 atom stereocenters. The van der Waals surface area contributed by atoms with Gasteiger partial charge in [0.25, 0.3) is 5.56 Å². The van der Waals surface area contributed by atoms with E-state index >= 15 is 0 Å². The van der Waals surface area contributed by atoms with Crippen molar-refractivity contribution in [3.05, 3.63) is 106 Å². The standard InChI is InChI=1S/C27H23N3O3/c31-26-23-15-18(12-13-25(23)29-17-30-26)7-5-6-14-28-27(32)33-16-24-21-10-3-1-8-19(21)20-9-2-4-11-22(20)24/h1-5,7-13,15,17,24H,6,14,16H2,(H,28,32)(H,29,30,31). The van der Waals surface area contributed by atoms with Crippen LogP contribution in [0.15, 0.2) is 83.9 Å².